The van der Waals surface area contributed by atoms with Gasteiger partial charge in [0.15, 0.2) is 0 Å². The van der Waals surface area contributed by atoms with Crippen LogP contribution < -0.4 is 5.73 Å². The minimum absolute atomic E-state index is 0.702. The van der Waals surface area contributed by atoms with Crippen molar-refractivity contribution in [3.8, 4) is 10.6 Å². The lowest BCUT2D eigenvalue weighted by atomic mass is 10.0. The molecule has 1 unspecified atom stereocenters. The first-order valence-corrected chi connectivity index (χ1v) is 9.82. The highest BCUT2D eigenvalue weighted by molar-refractivity contribution is 7.13. The zero-order valence-electron chi connectivity index (χ0n) is 15.1. The summed E-state index contributed by atoms with van der Waals surface area (Å²) in [4.78, 5) is 4.90. The van der Waals surface area contributed by atoms with Crippen LogP contribution >= 0.6 is 11.3 Å². The summed E-state index contributed by atoms with van der Waals surface area (Å²) in [6.45, 7) is 6.51. The van der Waals surface area contributed by atoms with Crippen LogP contribution in [0.5, 0.6) is 0 Å². The van der Waals surface area contributed by atoms with E-state index in [9.17, 15) is 0 Å². The van der Waals surface area contributed by atoms with Crippen molar-refractivity contribution in [1.82, 2.24) is 4.98 Å². The van der Waals surface area contributed by atoms with E-state index in [1.165, 1.54) is 40.7 Å². The SMILES string of the molecule is Cc1cc(Cc2csc(-c3ccc4c(c3)CCC4C)n2)c(C)cc1N. The number of hydrogen-bond donors (Lipinski definition) is 1. The van der Waals surface area contributed by atoms with Gasteiger partial charge in [0.1, 0.15) is 5.01 Å². The Morgan fingerprint density at radius 2 is 2.00 bits per heavy atom. The number of nitrogens with zero attached hydrogens (tertiary/aromatic N) is 1. The molecular formula is C22H24N2S. The number of fused-ring (bicyclic) bond motifs is 1. The van der Waals surface area contributed by atoms with Crippen molar-refractivity contribution in [2.45, 2.75) is 46.0 Å². The van der Waals surface area contributed by atoms with Crippen molar-refractivity contribution in [1.29, 1.82) is 0 Å². The fourth-order valence-electron chi connectivity index (χ4n) is 3.77. The normalized spacial score (nSPS) is 16.2. The molecule has 1 atom stereocenters. The van der Waals surface area contributed by atoms with Crippen LogP contribution in [0.25, 0.3) is 10.6 Å². The van der Waals surface area contributed by atoms with E-state index in [0.29, 0.717) is 5.92 Å². The molecule has 0 radical (unpaired) electrons. The van der Waals surface area contributed by atoms with Gasteiger partial charge < -0.3 is 5.73 Å². The van der Waals surface area contributed by atoms with E-state index in [0.717, 1.165) is 28.4 Å². The molecule has 0 bridgehead atoms. The van der Waals surface area contributed by atoms with Crippen molar-refractivity contribution in [2.75, 3.05) is 5.73 Å². The van der Waals surface area contributed by atoms with Crippen LogP contribution in [-0.4, -0.2) is 4.98 Å². The molecule has 2 nitrogen and oxygen atoms in total. The quantitative estimate of drug-likeness (QED) is 0.621. The Bertz CT molecular complexity index is 939. The molecule has 2 aromatic carbocycles. The fraction of sp³-hybridized carbons (Fsp3) is 0.318. The Kier molecular flexibility index (Phi) is 4.12. The molecule has 0 spiro atoms. The van der Waals surface area contributed by atoms with Crippen LogP contribution in [0, 0.1) is 13.8 Å². The van der Waals surface area contributed by atoms with Crippen molar-refractivity contribution < 1.29 is 0 Å². The lowest BCUT2D eigenvalue weighted by Crippen LogP contribution is -1.97. The van der Waals surface area contributed by atoms with E-state index in [2.05, 4.69) is 56.5 Å². The van der Waals surface area contributed by atoms with Gasteiger partial charge in [0.25, 0.3) is 0 Å². The number of thiazole rings is 1. The molecule has 3 aromatic rings. The van der Waals surface area contributed by atoms with Gasteiger partial charge in [-0.15, -0.1) is 11.3 Å². The summed E-state index contributed by atoms with van der Waals surface area (Å²) in [5, 5.41) is 3.32. The van der Waals surface area contributed by atoms with E-state index in [4.69, 9.17) is 10.7 Å². The third-order valence-corrected chi connectivity index (χ3v) is 6.36. The Labute approximate surface area is 153 Å². The van der Waals surface area contributed by atoms with Gasteiger partial charge in [-0.25, -0.2) is 4.98 Å². The smallest absolute Gasteiger partial charge is 0.123 e. The average molecular weight is 349 g/mol. The molecule has 2 N–H and O–H groups in total. The standard InChI is InChI=1S/C22H24N2S/c1-13-4-5-16-10-17(6-7-20(13)16)22-24-19(12-25-22)11-18-8-15(3)21(23)9-14(18)2/h6-10,12-13H,4-5,11,23H2,1-3H3. The maximum absolute atomic E-state index is 6.00. The predicted molar refractivity (Wildman–Crippen MR) is 107 cm³/mol. The number of hydrogen-bond acceptors (Lipinski definition) is 3. The topological polar surface area (TPSA) is 38.9 Å². The van der Waals surface area contributed by atoms with E-state index >= 15 is 0 Å². The van der Waals surface area contributed by atoms with Crippen molar-refractivity contribution in [3.05, 3.63) is 69.2 Å². The molecule has 0 amide bonds. The summed E-state index contributed by atoms with van der Waals surface area (Å²) in [6.07, 6.45) is 3.34. The Balaban J connectivity index is 1.60. The highest BCUT2D eigenvalue weighted by Crippen LogP contribution is 2.36. The van der Waals surface area contributed by atoms with Gasteiger partial charge in [-0.1, -0.05) is 25.1 Å². The molecule has 0 saturated carbocycles. The summed E-state index contributed by atoms with van der Waals surface area (Å²) in [7, 11) is 0. The second kappa shape index (κ2) is 6.30. The molecule has 1 aliphatic rings. The van der Waals surface area contributed by atoms with Gasteiger partial charge in [0, 0.05) is 23.1 Å². The highest BCUT2D eigenvalue weighted by Gasteiger charge is 2.19. The molecule has 0 fully saturated rings. The molecule has 128 valence electrons. The van der Waals surface area contributed by atoms with Crippen LogP contribution in [0.3, 0.4) is 0 Å². The lowest BCUT2D eigenvalue weighted by Gasteiger charge is -2.08. The summed E-state index contributed by atoms with van der Waals surface area (Å²) in [5.41, 5.74) is 16.0. The maximum Gasteiger partial charge on any atom is 0.123 e. The molecule has 4 rings (SSSR count). The maximum atomic E-state index is 6.00. The van der Waals surface area contributed by atoms with Gasteiger partial charge in [0.05, 0.1) is 5.69 Å². The third kappa shape index (κ3) is 3.09. The number of benzene rings is 2. The van der Waals surface area contributed by atoms with Gasteiger partial charge in [-0.05, 0) is 72.6 Å². The number of aromatic nitrogens is 1. The van der Waals surface area contributed by atoms with Crippen LogP contribution in [0.15, 0.2) is 35.7 Å². The molecule has 3 heteroatoms. The molecule has 0 saturated heterocycles. The number of nitrogens with two attached hydrogens (primary N) is 1. The molecule has 1 aliphatic carbocycles. The minimum atomic E-state index is 0.702. The molecule has 0 aliphatic heterocycles. The number of nitrogen functional groups attached to an aromatic ring is 1. The first-order valence-electron chi connectivity index (χ1n) is 8.94. The third-order valence-electron chi connectivity index (χ3n) is 5.42. The molecule has 1 heterocycles. The monoisotopic (exact) mass is 348 g/mol. The zero-order chi connectivity index (χ0) is 17.6. The first kappa shape index (κ1) is 16.3. The summed E-state index contributed by atoms with van der Waals surface area (Å²) in [6, 6.07) is 11.2. The summed E-state index contributed by atoms with van der Waals surface area (Å²) >= 11 is 1.75. The van der Waals surface area contributed by atoms with Gasteiger partial charge in [0.2, 0.25) is 0 Å². The molecule has 1 aromatic heterocycles. The fourth-order valence-corrected chi connectivity index (χ4v) is 4.58. The molecule has 25 heavy (non-hydrogen) atoms. The Morgan fingerprint density at radius 3 is 2.84 bits per heavy atom. The van der Waals surface area contributed by atoms with Gasteiger partial charge in [-0.3, -0.25) is 0 Å². The number of rotatable bonds is 3. The number of aryl methyl sites for hydroxylation is 3. The van der Waals surface area contributed by atoms with Gasteiger partial charge >= 0.3 is 0 Å². The second-order valence-corrected chi connectivity index (χ2v) is 8.17. The lowest BCUT2D eigenvalue weighted by molar-refractivity contribution is 0.747. The minimum Gasteiger partial charge on any atom is -0.399 e. The molecular weight excluding hydrogens is 324 g/mol. The van der Waals surface area contributed by atoms with Crippen LogP contribution in [0.1, 0.15) is 52.8 Å². The highest BCUT2D eigenvalue weighted by atomic mass is 32.1. The number of anilines is 1. The first-order chi connectivity index (χ1) is 12.0. The van der Waals surface area contributed by atoms with Crippen molar-refractivity contribution in [3.63, 3.8) is 0 Å². The van der Waals surface area contributed by atoms with Crippen LogP contribution in [0.2, 0.25) is 0 Å². The van der Waals surface area contributed by atoms with E-state index in [1.807, 2.05) is 0 Å². The average Bonchev–Trinajstić information content (AvgIpc) is 3.20. The van der Waals surface area contributed by atoms with Crippen LogP contribution in [-0.2, 0) is 12.8 Å². The van der Waals surface area contributed by atoms with Crippen LogP contribution in [0.4, 0.5) is 5.69 Å². The Morgan fingerprint density at radius 1 is 1.16 bits per heavy atom. The predicted octanol–water partition coefficient (Wildman–Crippen LogP) is 5.65. The van der Waals surface area contributed by atoms with E-state index in [1.54, 1.807) is 11.3 Å². The van der Waals surface area contributed by atoms with E-state index < -0.39 is 0 Å². The largest absolute Gasteiger partial charge is 0.399 e. The van der Waals surface area contributed by atoms with Crippen molar-refractivity contribution >= 4 is 17.0 Å². The van der Waals surface area contributed by atoms with Crippen molar-refractivity contribution in [2.24, 2.45) is 0 Å². The van der Waals surface area contributed by atoms with Gasteiger partial charge in [-0.2, -0.15) is 0 Å². The summed E-state index contributed by atoms with van der Waals surface area (Å²) in [5.74, 6) is 0.702. The summed E-state index contributed by atoms with van der Waals surface area (Å²) < 4.78 is 0. The Hall–Kier alpha value is -2.13. The second-order valence-electron chi connectivity index (χ2n) is 7.31. The van der Waals surface area contributed by atoms with E-state index in [-0.39, 0.29) is 0 Å². The zero-order valence-corrected chi connectivity index (χ0v) is 15.9.